The number of rotatable bonds is 3. The van der Waals surface area contributed by atoms with Crippen LogP contribution in [0.25, 0.3) is 50.0 Å². The summed E-state index contributed by atoms with van der Waals surface area (Å²) in [7, 11) is 1.75. The number of benzene rings is 1. The third-order valence-electron chi connectivity index (χ3n) is 5.91. The molecule has 0 N–H and O–H groups in total. The van der Waals surface area contributed by atoms with Crippen LogP contribution in [0.5, 0.6) is 0 Å². The molecule has 5 heterocycles. The fourth-order valence-electron chi connectivity index (χ4n) is 4.26. The van der Waals surface area contributed by atoms with Gasteiger partial charge >= 0.3 is 5.69 Å². The van der Waals surface area contributed by atoms with Crippen LogP contribution >= 0.6 is 11.6 Å². The molecule has 0 bridgehead atoms. The van der Waals surface area contributed by atoms with Gasteiger partial charge in [0.25, 0.3) is 0 Å². The summed E-state index contributed by atoms with van der Waals surface area (Å²) in [6, 6.07) is 17.1. The van der Waals surface area contributed by atoms with E-state index in [0.29, 0.717) is 16.5 Å². The van der Waals surface area contributed by atoms with Crippen molar-refractivity contribution in [3.05, 3.63) is 101 Å². The summed E-state index contributed by atoms with van der Waals surface area (Å²) >= 11 is 6.27. The third-order valence-corrected chi connectivity index (χ3v) is 6.12. The molecule has 1 aromatic carbocycles. The summed E-state index contributed by atoms with van der Waals surface area (Å²) in [5, 5.41) is 1.20. The molecule has 0 aliphatic heterocycles. The van der Waals surface area contributed by atoms with Crippen molar-refractivity contribution in [3.8, 4) is 28.1 Å². The Balaban J connectivity index is 1.72. The Hall–Kier alpha value is -4.36. The first-order valence-corrected chi connectivity index (χ1v) is 11.0. The Labute approximate surface area is 199 Å². The molecule has 7 nitrogen and oxygen atoms in total. The predicted octanol–water partition coefficient (Wildman–Crippen LogP) is 5.05. The van der Waals surface area contributed by atoms with E-state index >= 15 is 0 Å². The molecule has 5 aromatic heterocycles. The van der Waals surface area contributed by atoms with Crippen LogP contribution in [0.3, 0.4) is 0 Å². The average Bonchev–Trinajstić information content (AvgIpc) is 3.15. The fourth-order valence-corrected chi connectivity index (χ4v) is 4.41. The lowest BCUT2D eigenvalue weighted by molar-refractivity contribution is 0.844. The van der Waals surface area contributed by atoms with Gasteiger partial charge in [0.2, 0.25) is 0 Å². The largest absolute Gasteiger partial charge is 0.333 e. The fraction of sp³-hybridized carbons (Fsp3) is 0.0385. The Morgan fingerprint density at radius 1 is 0.853 bits per heavy atom. The van der Waals surface area contributed by atoms with Gasteiger partial charge in [0.15, 0.2) is 0 Å². The van der Waals surface area contributed by atoms with Gasteiger partial charge in [0, 0.05) is 48.3 Å². The molecule has 0 saturated heterocycles. The number of fused-ring (bicyclic) bond motifs is 3. The van der Waals surface area contributed by atoms with Crippen LogP contribution in [0.15, 0.2) is 90.4 Å². The van der Waals surface area contributed by atoms with E-state index in [1.54, 1.807) is 47.0 Å². The molecule has 0 saturated carbocycles. The average molecular weight is 465 g/mol. The van der Waals surface area contributed by atoms with E-state index in [4.69, 9.17) is 11.6 Å². The van der Waals surface area contributed by atoms with E-state index in [0.717, 1.165) is 38.6 Å². The molecule has 0 fully saturated rings. The zero-order chi connectivity index (χ0) is 23.2. The van der Waals surface area contributed by atoms with Gasteiger partial charge in [-0.2, -0.15) is 0 Å². The summed E-state index contributed by atoms with van der Waals surface area (Å²) in [6.45, 7) is 0. The molecule has 0 aliphatic rings. The van der Waals surface area contributed by atoms with E-state index in [1.165, 1.54) is 0 Å². The molecular weight excluding hydrogens is 448 g/mol. The Bertz CT molecular complexity index is 1740. The van der Waals surface area contributed by atoms with Gasteiger partial charge in [-0.3, -0.25) is 24.1 Å². The van der Waals surface area contributed by atoms with E-state index in [2.05, 4.69) is 19.9 Å². The van der Waals surface area contributed by atoms with Gasteiger partial charge in [-0.1, -0.05) is 23.7 Å². The first-order chi connectivity index (χ1) is 16.6. The third kappa shape index (κ3) is 3.17. The smallest absolute Gasteiger partial charge is 0.293 e. The van der Waals surface area contributed by atoms with Crippen LogP contribution in [0.4, 0.5) is 0 Å². The molecule has 0 spiro atoms. The quantitative estimate of drug-likeness (QED) is 0.342. The number of hydrogen-bond acceptors (Lipinski definition) is 5. The van der Waals surface area contributed by atoms with Gasteiger partial charge < -0.3 is 0 Å². The minimum absolute atomic E-state index is 0.199. The topological polar surface area (TPSA) is 78.5 Å². The minimum atomic E-state index is -0.199. The molecule has 164 valence electrons. The summed E-state index contributed by atoms with van der Waals surface area (Å²) in [5.74, 6) is 0. The van der Waals surface area contributed by atoms with Gasteiger partial charge in [-0.05, 0) is 48.0 Å². The zero-order valence-electron chi connectivity index (χ0n) is 18.1. The van der Waals surface area contributed by atoms with Gasteiger partial charge in [-0.15, -0.1) is 0 Å². The van der Waals surface area contributed by atoms with E-state index in [9.17, 15) is 4.79 Å². The highest BCUT2D eigenvalue weighted by molar-refractivity contribution is 6.29. The molecule has 8 heteroatoms. The van der Waals surface area contributed by atoms with Crippen molar-refractivity contribution in [2.75, 3.05) is 0 Å². The molecular formula is C26H17ClN6O. The van der Waals surface area contributed by atoms with Crippen molar-refractivity contribution in [2.45, 2.75) is 0 Å². The zero-order valence-corrected chi connectivity index (χ0v) is 18.8. The van der Waals surface area contributed by atoms with Crippen LogP contribution in [0, 0.1) is 0 Å². The van der Waals surface area contributed by atoms with Crippen molar-refractivity contribution in [1.29, 1.82) is 0 Å². The highest BCUT2D eigenvalue weighted by atomic mass is 35.5. The Morgan fingerprint density at radius 3 is 2.50 bits per heavy atom. The van der Waals surface area contributed by atoms with Crippen LogP contribution in [-0.2, 0) is 7.05 Å². The Morgan fingerprint density at radius 2 is 1.71 bits per heavy atom. The summed E-state index contributed by atoms with van der Waals surface area (Å²) < 4.78 is 3.29. The number of hydrogen-bond donors (Lipinski definition) is 0. The van der Waals surface area contributed by atoms with Crippen LogP contribution in [0.1, 0.15) is 0 Å². The van der Waals surface area contributed by atoms with Crippen molar-refractivity contribution in [1.82, 2.24) is 29.1 Å². The number of aromatic nitrogens is 6. The lowest BCUT2D eigenvalue weighted by atomic mass is 10.0. The van der Waals surface area contributed by atoms with Crippen LogP contribution < -0.4 is 5.69 Å². The minimum Gasteiger partial charge on any atom is -0.293 e. The number of nitrogens with zero attached hydrogens (tertiary/aromatic N) is 6. The van der Waals surface area contributed by atoms with E-state index < -0.39 is 0 Å². The van der Waals surface area contributed by atoms with E-state index in [1.807, 2.05) is 54.7 Å². The number of pyridine rings is 4. The van der Waals surface area contributed by atoms with Crippen molar-refractivity contribution in [3.63, 3.8) is 0 Å². The molecule has 6 aromatic rings. The molecule has 0 radical (unpaired) electrons. The van der Waals surface area contributed by atoms with Crippen LogP contribution in [0.2, 0.25) is 5.15 Å². The molecule has 34 heavy (non-hydrogen) atoms. The second kappa shape index (κ2) is 7.90. The maximum absolute atomic E-state index is 13.6. The lowest BCUT2D eigenvalue weighted by Gasteiger charge is -2.12. The Kier molecular flexibility index (Phi) is 4.71. The molecule has 0 atom stereocenters. The van der Waals surface area contributed by atoms with Gasteiger partial charge in [0.05, 0.1) is 34.1 Å². The summed E-state index contributed by atoms with van der Waals surface area (Å²) in [5.41, 5.74) is 6.06. The summed E-state index contributed by atoms with van der Waals surface area (Å²) in [6.07, 6.45) is 8.67. The van der Waals surface area contributed by atoms with Crippen LogP contribution in [-0.4, -0.2) is 29.1 Å². The highest BCUT2D eigenvalue weighted by Gasteiger charge is 2.20. The second-order valence-electron chi connectivity index (χ2n) is 7.88. The normalized spacial score (nSPS) is 11.4. The first-order valence-electron chi connectivity index (χ1n) is 10.6. The first kappa shape index (κ1) is 20.3. The molecule has 0 amide bonds. The SMILES string of the molecule is Cn1c(=O)n(-c2ccc(Cl)nc2-c2ccncc2)c2c3cc(-c4cccnc4)ccc3ncc21. The number of imidazole rings is 1. The lowest BCUT2D eigenvalue weighted by Crippen LogP contribution is -2.21. The van der Waals surface area contributed by atoms with Gasteiger partial charge in [0.1, 0.15) is 5.15 Å². The number of aryl methyl sites for hydroxylation is 1. The summed E-state index contributed by atoms with van der Waals surface area (Å²) in [4.78, 5) is 31.1. The highest BCUT2D eigenvalue weighted by Crippen LogP contribution is 2.32. The molecule has 0 aliphatic carbocycles. The predicted molar refractivity (Wildman–Crippen MR) is 133 cm³/mol. The maximum Gasteiger partial charge on any atom is 0.333 e. The monoisotopic (exact) mass is 464 g/mol. The molecule has 0 unspecified atom stereocenters. The van der Waals surface area contributed by atoms with Gasteiger partial charge in [-0.25, -0.2) is 9.78 Å². The van der Waals surface area contributed by atoms with E-state index in [-0.39, 0.29) is 5.69 Å². The number of halogens is 1. The van der Waals surface area contributed by atoms with Crippen molar-refractivity contribution < 1.29 is 0 Å². The molecule has 6 rings (SSSR count). The maximum atomic E-state index is 13.6. The van der Waals surface area contributed by atoms with Crippen molar-refractivity contribution in [2.24, 2.45) is 7.05 Å². The van der Waals surface area contributed by atoms with Crippen molar-refractivity contribution >= 4 is 33.5 Å². The standard InChI is InChI=1S/C26H17ClN6O/c1-32-22-15-30-20-5-4-17(18-3-2-10-29-14-18)13-19(20)25(22)33(26(32)34)21-6-7-23(27)31-24(21)16-8-11-28-12-9-16/h2-15H,1H3. The second-order valence-corrected chi connectivity index (χ2v) is 8.27.